The van der Waals surface area contributed by atoms with E-state index < -0.39 is 0 Å². The van der Waals surface area contributed by atoms with E-state index in [0.717, 1.165) is 6.42 Å². The van der Waals surface area contributed by atoms with Crippen molar-refractivity contribution >= 4 is 5.69 Å². The summed E-state index contributed by atoms with van der Waals surface area (Å²) < 4.78 is 0. The van der Waals surface area contributed by atoms with Crippen LogP contribution in [0.1, 0.15) is 22.7 Å². The van der Waals surface area contributed by atoms with E-state index in [1.165, 1.54) is 22.4 Å². The van der Waals surface area contributed by atoms with Gasteiger partial charge in [0.1, 0.15) is 0 Å². The van der Waals surface area contributed by atoms with Gasteiger partial charge in [-0.25, -0.2) is 0 Å². The molecule has 3 rings (SSSR count). The second-order valence-electron chi connectivity index (χ2n) is 4.41. The molecule has 0 aromatic heterocycles. The van der Waals surface area contributed by atoms with Crippen LogP contribution in [-0.2, 0) is 6.42 Å². The van der Waals surface area contributed by atoms with Crippen LogP contribution in [0.5, 0.6) is 0 Å². The monoisotopic (exact) mass is 209 g/mol. The Hall–Kier alpha value is -1.76. The lowest BCUT2D eigenvalue weighted by Crippen LogP contribution is -2.07. The summed E-state index contributed by atoms with van der Waals surface area (Å²) in [5, 5.41) is 3.59. The third-order valence-corrected chi connectivity index (χ3v) is 3.34. The zero-order valence-corrected chi connectivity index (χ0v) is 9.40. The van der Waals surface area contributed by atoms with Gasteiger partial charge in [-0.05, 0) is 36.1 Å². The van der Waals surface area contributed by atoms with Gasteiger partial charge in [0.05, 0.1) is 6.04 Å². The lowest BCUT2D eigenvalue weighted by atomic mass is 9.99. The standard InChI is InChI=1S/C15H15N/c1-11-6-2-4-8-13(11)15-10-12-7-3-5-9-14(12)16-15/h2-9,15-16H,10H2,1H3. The summed E-state index contributed by atoms with van der Waals surface area (Å²) in [6.07, 6.45) is 1.10. The molecule has 1 heteroatoms. The van der Waals surface area contributed by atoms with Crippen LogP contribution in [0.25, 0.3) is 0 Å². The molecule has 0 bridgehead atoms. The molecule has 1 aliphatic rings. The van der Waals surface area contributed by atoms with Crippen molar-refractivity contribution in [2.24, 2.45) is 0 Å². The number of rotatable bonds is 1. The van der Waals surface area contributed by atoms with E-state index in [-0.39, 0.29) is 0 Å². The molecule has 0 amide bonds. The molecule has 1 aliphatic heterocycles. The van der Waals surface area contributed by atoms with Gasteiger partial charge in [0, 0.05) is 5.69 Å². The number of benzene rings is 2. The Morgan fingerprint density at radius 3 is 2.56 bits per heavy atom. The third-order valence-electron chi connectivity index (χ3n) is 3.34. The van der Waals surface area contributed by atoms with E-state index in [4.69, 9.17) is 0 Å². The highest BCUT2D eigenvalue weighted by molar-refractivity contribution is 5.58. The van der Waals surface area contributed by atoms with Crippen molar-refractivity contribution in [1.29, 1.82) is 0 Å². The molecule has 1 atom stereocenters. The van der Waals surface area contributed by atoms with E-state index in [1.807, 2.05) is 0 Å². The van der Waals surface area contributed by atoms with Crippen LogP contribution in [0.15, 0.2) is 48.5 Å². The Kier molecular flexibility index (Phi) is 2.17. The Labute approximate surface area is 96.1 Å². The number of para-hydroxylation sites is 1. The fraction of sp³-hybridized carbons (Fsp3) is 0.200. The molecule has 0 aliphatic carbocycles. The Morgan fingerprint density at radius 1 is 1.00 bits per heavy atom. The van der Waals surface area contributed by atoms with Gasteiger partial charge in [-0.2, -0.15) is 0 Å². The van der Waals surface area contributed by atoms with E-state index in [0.29, 0.717) is 6.04 Å². The maximum atomic E-state index is 3.59. The predicted molar refractivity (Wildman–Crippen MR) is 67.7 cm³/mol. The molecule has 1 unspecified atom stereocenters. The average Bonchev–Trinajstić information content (AvgIpc) is 2.73. The first kappa shape index (κ1) is 9.46. The normalized spacial score (nSPS) is 17.9. The van der Waals surface area contributed by atoms with Crippen molar-refractivity contribution in [2.75, 3.05) is 5.32 Å². The fourth-order valence-electron chi connectivity index (χ4n) is 2.46. The van der Waals surface area contributed by atoms with E-state index in [9.17, 15) is 0 Å². The van der Waals surface area contributed by atoms with Gasteiger partial charge in [-0.1, -0.05) is 42.5 Å². The first-order chi connectivity index (χ1) is 7.84. The van der Waals surface area contributed by atoms with Crippen molar-refractivity contribution < 1.29 is 0 Å². The molecular weight excluding hydrogens is 194 g/mol. The third kappa shape index (κ3) is 1.49. The molecule has 2 aromatic carbocycles. The zero-order valence-electron chi connectivity index (χ0n) is 9.40. The lowest BCUT2D eigenvalue weighted by Gasteiger charge is -2.14. The maximum Gasteiger partial charge on any atom is 0.0557 e. The number of nitrogens with one attached hydrogen (secondary N) is 1. The molecule has 80 valence electrons. The van der Waals surface area contributed by atoms with E-state index in [1.54, 1.807) is 0 Å². The van der Waals surface area contributed by atoms with Gasteiger partial charge in [0.25, 0.3) is 0 Å². The van der Waals surface area contributed by atoms with Gasteiger partial charge in [-0.3, -0.25) is 0 Å². The maximum absolute atomic E-state index is 3.59. The number of hydrogen-bond donors (Lipinski definition) is 1. The predicted octanol–water partition coefficient (Wildman–Crippen LogP) is 3.70. The minimum atomic E-state index is 0.443. The minimum Gasteiger partial charge on any atom is -0.378 e. The first-order valence-corrected chi connectivity index (χ1v) is 5.74. The Morgan fingerprint density at radius 2 is 1.75 bits per heavy atom. The summed E-state index contributed by atoms with van der Waals surface area (Å²) in [5.41, 5.74) is 5.50. The molecule has 1 heterocycles. The summed E-state index contributed by atoms with van der Waals surface area (Å²) in [6, 6.07) is 17.6. The van der Waals surface area contributed by atoms with Crippen LogP contribution in [0.3, 0.4) is 0 Å². The van der Waals surface area contributed by atoms with Crippen molar-refractivity contribution in [3.63, 3.8) is 0 Å². The molecular formula is C15H15N. The molecule has 0 spiro atoms. The van der Waals surface area contributed by atoms with Gasteiger partial charge in [0.2, 0.25) is 0 Å². The van der Waals surface area contributed by atoms with Gasteiger partial charge in [-0.15, -0.1) is 0 Å². The molecule has 1 N–H and O–H groups in total. The van der Waals surface area contributed by atoms with Crippen LogP contribution < -0.4 is 5.32 Å². The van der Waals surface area contributed by atoms with E-state index in [2.05, 4.69) is 60.8 Å². The van der Waals surface area contributed by atoms with Crippen LogP contribution in [0.4, 0.5) is 5.69 Å². The number of anilines is 1. The Bertz CT molecular complexity index is 491. The lowest BCUT2D eigenvalue weighted by molar-refractivity contribution is 0.816. The Balaban J connectivity index is 1.95. The van der Waals surface area contributed by atoms with Gasteiger partial charge >= 0.3 is 0 Å². The molecule has 0 saturated carbocycles. The largest absolute Gasteiger partial charge is 0.378 e. The van der Waals surface area contributed by atoms with E-state index >= 15 is 0 Å². The summed E-state index contributed by atoms with van der Waals surface area (Å²) in [6.45, 7) is 2.18. The highest BCUT2D eigenvalue weighted by Crippen LogP contribution is 2.34. The zero-order chi connectivity index (χ0) is 11.0. The molecule has 2 aromatic rings. The van der Waals surface area contributed by atoms with Crippen molar-refractivity contribution in [3.05, 3.63) is 65.2 Å². The molecule has 0 fully saturated rings. The summed E-state index contributed by atoms with van der Waals surface area (Å²) in [7, 11) is 0. The topological polar surface area (TPSA) is 12.0 Å². The van der Waals surface area contributed by atoms with Crippen molar-refractivity contribution in [3.8, 4) is 0 Å². The van der Waals surface area contributed by atoms with Crippen molar-refractivity contribution in [2.45, 2.75) is 19.4 Å². The summed E-state index contributed by atoms with van der Waals surface area (Å²) in [5.74, 6) is 0. The summed E-state index contributed by atoms with van der Waals surface area (Å²) in [4.78, 5) is 0. The minimum absolute atomic E-state index is 0.443. The molecule has 0 radical (unpaired) electrons. The van der Waals surface area contributed by atoms with Gasteiger partial charge in [0.15, 0.2) is 0 Å². The van der Waals surface area contributed by atoms with Crippen LogP contribution in [0.2, 0.25) is 0 Å². The average molecular weight is 209 g/mol. The van der Waals surface area contributed by atoms with Crippen molar-refractivity contribution in [1.82, 2.24) is 0 Å². The van der Waals surface area contributed by atoms with Crippen LogP contribution in [-0.4, -0.2) is 0 Å². The highest BCUT2D eigenvalue weighted by Gasteiger charge is 2.22. The molecule has 0 saturated heterocycles. The smallest absolute Gasteiger partial charge is 0.0557 e. The molecule has 16 heavy (non-hydrogen) atoms. The van der Waals surface area contributed by atoms with Gasteiger partial charge < -0.3 is 5.32 Å². The number of hydrogen-bond acceptors (Lipinski definition) is 1. The summed E-state index contributed by atoms with van der Waals surface area (Å²) >= 11 is 0. The second-order valence-corrected chi connectivity index (χ2v) is 4.41. The fourth-order valence-corrected chi connectivity index (χ4v) is 2.46. The van der Waals surface area contributed by atoms with Crippen LogP contribution >= 0.6 is 0 Å². The number of aryl methyl sites for hydroxylation is 1. The highest BCUT2D eigenvalue weighted by atomic mass is 14.9. The first-order valence-electron chi connectivity index (χ1n) is 5.74. The molecule has 1 nitrogen and oxygen atoms in total. The van der Waals surface area contributed by atoms with Crippen LogP contribution in [0, 0.1) is 6.92 Å². The second kappa shape index (κ2) is 3.67. The quantitative estimate of drug-likeness (QED) is 0.755. The SMILES string of the molecule is Cc1ccccc1C1Cc2ccccc2N1. The number of fused-ring (bicyclic) bond motifs is 1.